The SMILES string of the molecule is NC(=O)Cn1cc(NC2CCS(=O)(=O)C2)cn1. The van der Waals surface area contributed by atoms with Crippen LogP contribution in [0.5, 0.6) is 0 Å². The van der Waals surface area contributed by atoms with Crippen LogP contribution in [0.25, 0.3) is 0 Å². The summed E-state index contributed by atoms with van der Waals surface area (Å²) in [5.41, 5.74) is 5.74. The molecular weight excluding hydrogens is 244 g/mol. The normalized spacial score (nSPS) is 22.5. The third-order valence-corrected chi connectivity index (χ3v) is 4.32. The van der Waals surface area contributed by atoms with Crippen molar-refractivity contribution < 1.29 is 13.2 Å². The van der Waals surface area contributed by atoms with Gasteiger partial charge in [-0.2, -0.15) is 5.10 Å². The van der Waals surface area contributed by atoms with E-state index >= 15 is 0 Å². The predicted octanol–water partition coefficient (Wildman–Crippen LogP) is -1.03. The summed E-state index contributed by atoms with van der Waals surface area (Å²) < 4.78 is 23.9. The van der Waals surface area contributed by atoms with Gasteiger partial charge in [-0.1, -0.05) is 0 Å². The number of anilines is 1. The molecule has 1 aliphatic heterocycles. The molecule has 0 radical (unpaired) electrons. The molecule has 0 aromatic carbocycles. The summed E-state index contributed by atoms with van der Waals surface area (Å²) in [6.07, 6.45) is 3.78. The summed E-state index contributed by atoms with van der Waals surface area (Å²) in [5, 5.41) is 7.01. The van der Waals surface area contributed by atoms with Gasteiger partial charge in [0.15, 0.2) is 9.84 Å². The Kier molecular flexibility index (Phi) is 3.05. The molecule has 8 heteroatoms. The molecule has 1 atom stereocenters. The number of rotatable bonds is 4. The van der Waals surface area contributed by atoms with Gasteiger partial charge in [-0.05, 0) is 6.42 Å². The van der Waals surface area contributed by atoms with Gasteiger partial charge in [0, 0.05) is 12.2 Å². The van der Waals surface area contributed by atoms with Crippen LogP contribution in [0.15, 0.2) is 12.4 Å². The number of hydrogen-bond acceptors (Lipinski definition) is 5. The number of nitrogens with zero attached hydrogens (tertiary/aromatic N) is 2. The number of sulfone groups is 1. The summed E-state index contributed by atoms with van der Waals surface area (Å²) in [7, 11) is -2.89. The van der Waals surface area contributed by atoms with E-state index in [0.717, 1.165) is 0 Å². The Morgan fingerprint density at radius 2 is 2.41 bits per heavy atom. The number of carbonyl (C=O) groups excluding carboxylic acids is 1. The Morgan fingerprint density at radius 3 is 3.00 bits per heavy atom. The van der Waals surface area contributed by atoms with Gasteiger partial charge in [-0.25, -0.2) is 8.42 Å². The lowest BCUT2D eigenvalue weighted by molar-refractivity contribution is -0.118. The fourth-order valence-corrected chi connectivity index (χ4v) is 3.50. The topological polar surface area (TPSA) is 107 Å². The Balaban J connectivity index is 1.96. The molecule has 0 aliphatic carbocycles. The van der Waals surface area contributed by atoms with Crippen molar-refractivity contribution in [3.05, 3.63) is 12.4 Å². The van der Waals surface area contributed by atoms with E-state index in [1.807, 2.05) is 0 Å². The molecule has 1 aliphatic rings. The van der Waals surface area contributed by atoms with Crippen LogP contribution in [-0.4, -0.2) is 41.7 Å². The Bertz CT molecular complexity index is 522. The van der Waals surface area contributed by atoms with E-state index < -0.39 is 15.7 Å². The molecule has 1 amide bonds. The van der Waals surface area contributed by atoms with E-state index in [2.05, 4.69) is 10.4 Å². The van der Waals surface area contributed by atoms with E-state index in [1.165, 1.54) is 4.68 Å². The molecule has 2 rings (SSSR count). The van der Waals surface area contributed by atoms with Gasteiger partial charge in [0.1, 0.15) is 6.54 Å². The molecule has 0 bridgehead atoms. The summed E-state index contributed by atoms with van der Waals surface area (Å²) in [4.78, 5) is 10.7. The van der Waals surface area contributed by atoms with Crippen molar-refractivity contribution in [3.63, 3.8) is 0 Å². The zero-order chi connectivity index (χ0) is 12.5. The fourth-order valence-electron chi connectivity index (χ4n) is 1.83. The Hall–Kier alpha value is -1.57. The van der Waals surface area contributed by atoms with Crippen LogP contribution >= 0.6 is 0 Å². The first kappa shape index (κ1) is 11.9. The third-order valence-electron chi connectivity index (χ3n) is 2.55. The van der Waals surface area contributed by atoms with Gasteiger partial charge in [-0.15, -0.1) is 0 Å². The molecule has 94 valence electrons. The van der Waals surface area contributed by atoms with Crippen LogP contribution in [-0.2, 0) is 21.2 Å². The van der Waals surface area contributed by atoms with Crippen molar-refractivity contribution in [3.8, 4) is 0 Å². The largest absolute Gasteiger partial charge is 0.379 e. The quantitative estimate of drug-likeness (QED) is 0.718. The number of primary amides is 1. The second-order valence-corrected chi connectivity index (χ2v) is 6.37. The van der Waals surface area contributed by atoms with Crippen LogP contribution in [0, 0.1) is 0 Å². The minimum absolute atomic E-state index is 0.0185. The lowest BCUT2D eigenvalue weighted by Gasteiger charge is -2.09. The molecule has 17 heavy (non-hydrogen) atoms. The summed E-state index contributed by atoms with van der Waals surface area (Å²) in [5.74, 6) is -0.100. The molecule has 1 saturated heterocycles. The van der Waals surface area contributed by atoms with Gasteiger partial charge in [0.2, 0.25) is 5.91 Å². The smallest absolute Gasteiger partial charge is 0.239 e. The van der Waals surface area contributed by atoms with Crippen molar-refractivity contribution in [1.82, 2.24) is 9.78 Å². The van der Waals surface area contributed by atoms with E-state index in [-0.39, 0.29) is 24.1 Å². The highest BCUT2D eigenvalue weighted by Crippen LogP contribution is 2.16. The standard InChI is InChI=1S/C9H14N4O3S/c10-9(14)5-13-4-8(3-11-13)12-7-1-2-17(15,16)6-7/h3-4,7,12H,1-2,5-6H2,(H2,10,14). The van der Waals surface area contributed by atoms with E-state index in [4.69, 9.17) is 5.73 Å². The third kappa shape index (κ3) is 3.19. The molecule has 0 saturated carbocycles. The highest BCUT2D eigenvalue weighted by atomic mass is 32.2. The first-order valence-corrected chi connectivity index (χ1v) is 7.04. The minimum Gasteiger partial charge on any atom is -0.379 e. The molecule has 7 nitrogen and oxygen atoms in total. The van der Waals surface area contributed by atoms with E-state index in [1.54, 1.807) is 12.4 Å². The zero-order valence-corrected chi connectivity index (χ0v) is 9.98. The maximum atomic E-state index is 11.3. The molecule has 1 aromatic heterocycles. The number of nitrogens with two attached hydrogens (primary N) is 1. The maximum Gasteiger partial charge on any atom is 0.239 e. The monoisotopic (exact) mass is 258 g/mol. The predicted molar refractivity (Wildman–Crippen MR) is 62.1 cm³/mol. The van der Waals surface area contributed by atoms with Gasteiger partial charge >= 0.3 is 0 Å². The maximum absolute atomic E-state index is 11.3. The minimum atomic E-state index is -2.89. The summed E-state index contributed by atoms with van der Waals surface area (Å²) >= 11 is 0. The Morgan fingerprint density at radius 1 is 1.65 bits per heavy atom. The average molecular weight is 258 g/mol. The van der Waals surface area contributed by atoms with Crippen LogP contribution in [0.2, 0.25) is 0 Å². The van der Waals surface area contributed by atoms with Gasteiger partial charge in [0.05, 0.1) is 23.4 Å². The van der Waals surface area contributed by atoms with Crippen LogP contribution < -0.4 is 11.1 Å². The molecule has 2 heterocycles. The Labute approximate surface area is 98.9 Å². The first-order valence-electron chi connectivity index (χ1n) is 5.22. The lowest BCUT2D eigenvalue weighted by atomic mass is 10.2. The number of amides is 1. The molecule has 1 aromatic rings. The first-order chi connectivity index (χ1) is 7.94. The molecule has 3 N–H and O–H groups in total. The molecule has 1 fully saturated rings. The highest BCUT2D eigenvalue weighted by Gasteiger charge is 2.27. The van der Waals surface area contributed by atoms with Crippen molar-refractivity contribution in [2.24, 2.45) is 5.73 Å². The summed E-state index contributed by atoms with van der Waals surface area (Å²) in [6, 6.07) is -0.0776. The van der Waals surface area contributed by atoms with E-state index in [0.29, 0.717) is 12.1 Å². The van der Waals surface area contributed by atoms with E-state index in [9.17, 15) is 13.2 Å². The van der Waals surface area contributed by atoms with Crippen LogP contribution in [0.4, 0.5) is 5.69 Å². The van der Waals surface area contributed by atoms with Crippen molar-refractivity contribution in [2.75, 3.05) is 16.8 Å². The highest BCUT2D eigenvalue weighted by molar-refractivity contribution is 7.91. The summed E-state index contributed by atoms with van der Waals surface area (Å²) in [6.45, 7) is 0.0185. The molecular formula is C9H14N4O3S. The fraction of sp³-hybridized carbons (Fsp3) is 0.556. The number of hydrogen-bond donors (Lipinski definition) is 2. The van der Waals surface area contributed by atoms with Crippen molar-refractivity contribution >= 4 is 21.4 Å². The molecule has 1 unspecified atom stereocenters. The average Bonchev–Trinajstić information content (AvgIpc) is 2.73. The van der Waals surface area contributed by atoms with Gasteiger partial charge < -0.3 is 11.1 Å². The lowest BCUT2D eigenvalue weighted by Crippen LogP contribution is -2.20. The number of carbonyl (C=O) groups is 1. The second kappa shape index (κ2) is 4.36. The van der Waals surface area contributed by atoms with Crippen molar-refractivity contribution in [1.29, 1.82) is 0 Å². The number of aromatic nitrogens is 2. The molecule has 0 spiro atoms. The van der Waals surface area contributed by atoms with Gasteiger partial charge in [0.25, 0.3) is 0 Å². The number of nitrogens with one attached hydrogen (secondary N) is 1. The van der Waals surface area contributed by atoms with Crippen molar-refractivity contribution in [2.45, 2.75) is 19.0 Å². The second-order valence-electron chi connectivity index (χ2n) is 4.14. The zero-order valence-electron chi connectivity index (χ0n) is 9.17. The van der Waals surface area contributed by atoms with Crippen LogP contribution in [0.3, 0.4) is 0 Å². The van der Waals surface area contributed by atoms with Gasteiger partial charge in [-0.3, -0.25) is 9.48 Å². The van der Waals surface area contributed by atoms with Crippen LogP contribution in [0.1, 0.15) is 6.42 Å².